The molecule has 0 saturated heterocycles. The molecule has 0 fully saturated rings. The number of hydrogen-bond acceptors (Lipinski definition) is 9. The van der Waals surface area contributed by atoms with Crippen LogP contribution in [-0.4, -0.2) is 39.1 Å². The normalized spacial score (nSPS) is 14.8. The van der Waals surface area contributed by atoms with Gasteiger partial charge in [0.1, 0.15) is 23.0 Å². The van der Waals surface area contributed by atoms with Crippen LogP contribution >= 0.6 is 0 Å². The molecule has 0 bridgehead atoms. The van der Waals surface area contributed by atoms with Crippen molar-refractivity contribution in [3.63, 3.8) is 0 Å². The van der Waals surface area contributed by atoms with Crippen LogP contribution in [0.25, 0.3) is 0 Å². The van der Waals surface area contributed by atoms with Gasteiger partial charge in [-0.15, -0.1) is 0 Å². The number of allylic oxidation sites excluding steroid dienone is 1. The lowest BCUT2D eigenvalue weighted by atomic mass is 9.81. The number of carbonyl (C=O) groups is 3. The van der Waals surface area contributed by atoms with Gasteiger partial charge in [-0.2, -0.15) is 5.26 Å². The molecular formula is C30H26N4O6. The molecule has 1 unspecified atom stereocenters. The van der Waals surface area contributed by atoms with Crippen molar-refractivity contribution in [2.45, 2.75) is 5.92 Å². The molecule has 1 aliphatic rings. The molecule has 0 spiro atoms. The average molecular weight is 539 g/mol. The van der Waals surface area contributed by atoms with Crippen molar-refractivity contribution in [2.75, 3.05) is 26.2 Å². The summed E-state index contributed by atoms with van der Waals surface area (Å²) in [6, 6.07) is 24.0. The maximum absolute atomic E-state index is 13.2. The molecule has 0 radical (unpaired) electrons. The number of nitrogens with zero attached hydrogens (tertiary/aromatic N) is 2. The molecule has 1 atom stereocenters. The van der Waals surface area contributed by atoms with Gasteiger partial charge in [-0.05, 0) is 48.0 Å². The van der Waals surface area contributed by atoms with E-state index < -0.39 is 17.9 Å². The van der Waals surface area contributed by atoms with Crippen LogP contribution in [-0.2, 0) is 19.1 Å². The molecule has 1 aliphatic heterocycles. The first kappa shape index (κ1) is 27.5. The Morgan fingerprint density at radius 3 is 2.17 bits per heavy atom. The van der Waals surface area contributed by atoms with Crippen molar-refractivity contribution in [1.82, 2.24) is 5.32 Å². The third kappa shape index (κ3) is 5.21. The van der Waals surface area contributed by atoms with Crippen molar-refractivity contribution in [2.24, 2.45) is 5.73 Å². The number of ether oxygens (including phenoxy) is 3. The van der Waals surface area contributed by atoms with Gasteiger partial charge in [-0.1, -0.05) is 36.4 Å². The Hall–Kier alpha value is -5.56. The summed E-state index contributed by atoms with van der Waals surface area (Å²) in [7, 11) is 3.91. The number of benzene rings is 3. The zero-order chi connectivity index (χ0) is 28.8. The van der Waals surface area contributed by atoms with Crippen LogP contribution < -0.4 is 20.7 Å². The Bertz CT molecular complexity index is 1560. The maximum Gasteiger partial charge on any atom is 0.355 e. The van der Waals surface area contributed by atoms with Crippen LogP contribution in [0.1, 0.15) is 21.8 Å². The lowest BCUT2D eigenvalue weighted by molar-refractivity contribution is -0.139. The molecule has 3 aromatic rings. The highest BCUT2D eigenvalue weighted by atomic mass is 16.5. The predicted octanol–water partition coefficient (Wildman–Crippen LogP) is 3.74. The molecule has 1 amide bonds. The van der Waals surface area contributed by atoms with Gasteiger partial charge >= 0.3 is 11.9 Å². The molecule has 4 rings (SSSR count). The van der Waals surface area contributed by atoms with Crippen molar-refractivity contribution < 1.29 is 28.6 Å². The number of nitrogens with two attached hydrogens (primary N) is 1. The molecule has 3 aromatic carbocycles. The smallest absolute Gasteiger partial charge is 0.355 e. The number of anilines is 1. The molecule has 0 aliphatic carbocycles. The van der Waals surface area contributed by atoms with E-state index in [-0.39, 0.29) is 28.6 Å². The Balaban J connectivity index is 1.81. The lowest BCUT2D eigenvalue weighted by Crippen LogP contribution is -2.40. The van der Waals surface area contributed by atoms with Gasteiger partial charge in [-0.3, -0.25) is 9.69 Å². The number of hydrogen-bond donors (Lipinski definition) is 2. The summed E-state index contributed by atoms with van der Waals surface area (Å²) in [5.74, 6) is -2.04. The Kier molecular flexibility index (Phi) is 8.16. The zero-order valence-electron chi connectivity index (χ0n) is 22.0. The van der Waals surface area contributed by atoms with Crippen molar-refractivity contribution in [3.8, 4) is 17.6 Å². The predicted molar refractivity (Wildman–Crippen MR) is 146 cm³/mol. The molecular weight excluding hydrogens is 512 g/mol. The Morgan fingerprint density at radius 2 is 1.57 bits per heavy atom. The lowest BCUT2D eigenvalue weighted by Gasteiger charge is -2.35. The summed E-state index contributed by atoms with van der Waals surface area (Å²) >= 11 is 0. The standard InChI is InChI=1S/C30H26N4O6/c1-33-28(35)19-10-7-11-22(16-19)40-21-14-12-20(13-15-21)34-26(30(37)39-3)25(29(36)38-2)24(23(17-31)27(34)32)18-8-5-4-6-9-18/h4-16,24H,32H2,1-3H3,(H,33,35). The zero-order valence-corrected chi connectivity index (χ0v) is 22.0. The molecule has 1 heterocycles. The molecule has 40 heavy (non-hydrogen) atoms. The van der Waals surface area contributed by atoms with E-state index in [0.29, 0.717) is 28.3 Å². The van der Waals surface area contributed by atoms with Crippen molar-refractivity contribution in [3.05, 3.63) is 113 Å². The molecule has 10 nitrogen and oxygen atoms in total. The van der Waals surface area contributed by atoms with Gasteiger partial charge in [0.15, 0.2) is 0 Å². The minimum absolute atomic E-state index is 0.0450. The molecule has 0 aromatic heterocycles. The van der Waals surface area contributed by atoms with Crippen LogP contribution in [0.4, 0.5) is 5.69 Å². The average Bonchev–Trinajstić information content (AvgIpc) is 3.00. The Morgan fingerprint density at radius 1 is 0.900 bits per heavy atom. The highest BCUT2D eigenvalue weighted by Gasteiger charge is 2.42. The fraction of sp³-hybridized carbons (Fsp3) is 0.133. The number of amides is 1. The number of rotatable bonds is 7. The third-order valence-electron chi connectivity index (χ3n) is 6.26. The van der Waals surface area contributed by atoms with Gasteiger partial charge in [-0.25, -0.2) is 9.59 Å². The number of esters is 2. The van der Waals surface area contributed by atoms with E-state index in [1.165, 1.54) is 26.2 Å². The highest BCUT2D eigenvalue weighted by Crippen LogP contribution is 2.43. The van der Waals surface area contributed by atoms with Crippen LogP contribution in [0, 0.1) is 11.3 Å². The third-order valence-corrected chi connectivity index (χ3v) is 6.26. The van der Waals surface area contributed by atoms with Crippen molar-refractivity contribution >= 4 is 23.5 Å². The summed E-state index contributed by atoms with van der Waals surface area (Å²) < 4.78 is 16.0. The fourth-order valence-corrected chi connectivity index (χ4v) is 4.43. The minimum atomic E-state index is -0.959. The monoisotopic (exact) mass is 538 g/mol. The van der Waals surface area contributed by atoms with E-state index >= 15 is 0 Å². The summed E-state index contributed by atoms with van der Waals surface area (Å²) in [5.41, 5.74) is 7.70. The Labute approximate surface area is 230 Å². The van der Waals surface area contributed by atoms with E-state index in [2.05, 4.69) is 11.4 Å². The van der Waals surface area contributed by atoms with Gasteiger partial charge in [0, 0.05) is 18.3 Å². The number of methoxy groups -OCH3 is 2. The molecule has 10 heteroatoms. The summed E-state index contributed by atoms with van der Waals surface area (Å²) in [5, 5.41) is 12.7. The second-order valence-electron chi connectivity index (χ2n) is 8.54. The summed E-state index contributed by atoms with van der Waals surface area (Å²) in [6.07, 6.45) is 0. The van der Waals surface area contributed by atoms with Crippen LogP contribution in [0.15, 0.2) is 102 Å². The summed E-state index contributed by atoms with van der Waals surface area (Å²) in [4.78, 5) is 39.6. The highest BCUT2D eigenvalue weighted by molar-refractivity contribution is 6.06. The van der Waals surface area contributed by atoms with Gasteiger partial charge in [0.25, 0.3) is 5.91 Å². The topological polar surface area (TPSA) is 144 Å². The number of carbonyl (C=O) groups excluding carboxylic acids is 3. The molecule has 3 N–H and O–H groups in total. The van der Waals surface area contributed by atoms with Crippen molar-refractivity contribution in [1.29, 1.82) is 5.26 Å². The van der Waals surface area contributed by atoms with E-state index in [1.807, 2.05) is 0 Å². The molecule has 0 saturated carbocycles. The second kappa shape index (κ2) is 11.9. The summed E-state index contributed by atoms with van der Waals surface area (Å²) in [6.45, 7) is 0. The first-order chi connectivity index (χ1) is 19.3. The maximum atomic E-state index is 13.2. The second-order valence-corrected chi connectivity index (χ2v) is 8.54. The minimum Gasteiger partial charge on any atom is -0.466 e. The first-order valence-corrected chi connectivity index (χ1v) is 12.1. The number of nitriles is 1. The fourth-order valence-electron chi connectivity index (χ4n) is 4.43. The largest absolute Gasteiger partial charge is 0.466 e. The van der Waals surface area contributed by atoms with Gasteiger partial charge in [0.05, 0.1) is 37.4 Å². The van der Waals surface area contributed by atoms with Gasteiger partial charge < -0.3 is 25.3 Å². The van der Waals surface area contributed by atoms with Crippen LogP contribution in [0.2, 0.25) is 0 Å². The number of nitrogens with one attached hydrogen (secondary N) is 1. The SMILES string of the molecule is CNC(=O)c1cccc(Oc2ccc(N3C(N)=C(C#N)C(c4ccccc4)C(C(=O)OC)=C3C(=O)OC)cc2)c1. The van der Waals surface area contributed by atoms with E-state index in [9.17, 15) is 19.6 Å². The van der Waals surface area contributed by atoms with Crippen LogP contribution in [0.3, 0.4) is 0 Å². The van der Waals surface area contributed by atoms with E-state index in [1.54, 1.807) is 78.9 Å². The van der Waals surface area contributed by atoms with E-state index in [0.717, 1.165) is 0 Å². The van der Waals surface area contributed by atoms with E-state index in [4.69, 9.17) is 19.9 Å². The first-order valence-electron chi connectivity index (χ1n) is 12.1. The van der Waals surface area contributed by atoms with Crippen LogP contribution in [0.5, 0.6) is 11.5 Å². The van der Waals surface area contributed by atoms with Gasteiger partial charge in [0.2, 0.25) is 0 Å². The molecule has 202 valence electrons. The quantitative estimate of drug-likeness (QED) is 0.430.